The molecule has 1 atom stereocenters. The van der Waals surface area contributed by atoms with Gasteiger partial charge in [-0.2, -0.15) is 5.10 Å². The van der Waals surface area contributed by atoms with Crippen molar-refractivity contribution in [1.29, 1.82) is 0 Å². The largest absolute Gasteiger partial charge is 0.497 e. The van der Waals surface area contributed by atoms with Crippen molar-refractivity contribution in [1.82, 2.24) is 15.1 Å². The van der Waals surface area contributed by atoms with Gasteiger partial charge in [0, 0.05) is 29.5 Å². The van der Waals surface area contributed by atoms with Crippen LogP contribution >= 0.6 is 0 Å². The minimum Gasteiger partial charge on any atom is -0.497 e. The summed E-state index contributed by atoms with van der Waals surface area (Å²) >= 11 is 0. The Hall–Kier alpha value is -3.62. The number of amides is 1. The fourth-order valence-corrected chi connectivity index (χ4v) is 3.13. The van der Waals surface area contributed by atoms with Gasteiger partial charge in [0.05, 0.1) is 43.4 Å². The number of carbonyl (C=O) groups excluding carboxylic acids is 1. The molecule has 9 nitrogen and oxygen atoms in total. The molecule has 9 heteroatoms. The Morgan fingerprint density at radius 2 is 2.03 bits per heavy atom. The van der Waals surface area contributed by atoms with Crippen molar-refractivity contribution in [3.8, 4) is 11.5 Å². The van der Waals surface area contributed by atoms with Crippen molar-refractivity contribution in [2.75, 3.05) is 14.2 Å². The molecule has 0 aliphatic rings. The number of methoxy groups -OCH3 is 2. The smallest absolute Gasteiger partial charge is 0.271 e. The van der Waals surface area contributed by atoms with E-state index in [1.165, 1.54) is 12.1 Å². The van der Waals surface area contributed by atoms with Crippen molar-refractivity contribution in [3.63, 3.8) is 0 Å². The van der Waals surface area contributed by atoms with Gasteiger partial charge in [0.15, 0.2) is 0 Å². The first-order valence-electron chi connectivity index (χ1n) is 9.04. The maximum atomic E-state index is 12.5. The zero-order valence-corrected chi connectivity index (χ0v) is 16.4. The molecule has 29 heavy (non-hydrogen) atoms. The van der Waals surface area contributed by atoms with Crippen molar-refractivity contribution in [3.05, 3.63) is 58.3 Å². The van der Waals surface area contributed by atoms with Gasteiger partial charge in [0.1, 0.15) is 11.5 Å². The molecule has 1 N–H and O–H groups in total. The third kappa shape index (κ3) is 4.45. The highest BCUT2D eigenvalue weighted by molar-refractivity contribution is 5.81. The van der Waals surface area contributed by atoms with Gasteiger partial charge in [-0.15, -0.1) is 0 Å². The Balaban J connectivity index is 1.68. The fourth-order valence-electron chi connectivity index (χ4n) is 3.13. The van der Waals surface area contributed by atoms with Gasteiger partial charge < -0.3 is 14.8 Å². The molecule has 2 aromatic carbocycles. The van der Waals surface area contributed by atoms with E-state index < -0.39 is 4.92 Å². The number of nitrogens with one attached hydrogen (secondary N) is 1. The third-order valence-electron chi connectivity index (χ3n) is 4.67. The Morgan fingerprint density at radius 3 is 2.72 bits per heavy atom. The van der Waals surface area contributed by atoms with Crippen molar-refractivity contribution in [2.24, 2.45) is 0 Å². The zero-order chi connectivity index (χ0) is 21.0. The summed E-state index contributed by atoms with van der Waals surface area (Å²) in [5.74, 6) is 1.16. The lowest BCUT2D eigenvalue weighted by atomic mass is 10.1. The van der Waals surface area contributed by atoms with Crippen LogP contribution in [0.3, 0.4) is 0 Å². The molecule has 1 heterocycles. The highest BCUT2D eigenvalue weighted by Crippen LogP contribution is 2.29. The van der Waals surface area contributed by atoms with Crippen LogP contribution in [-0.2, 0) is 11.3 Å². The first-order chi connectivity index (χ1) is 13.9. The summed E-state index contributed by atoms with van der Waals surface area (Å²) in [6.45, 7) is 2.17. The molecule has 0 bridgehead atoms. The van der Waals surface area contributed by atoms with Crippen LogP contribution < -0.4 is 14.8 Å². The number of nitro groups is 1. The molecule has 0 spiro atoms. The topological polar surface area (TPSA) is 109 Å². The van der Waals surface area contributed by atoms with Crippen LogP contribution in [0.1, 0.15) is 24.9 Å². The molecule has 1 aromatic heterocycles. The molecule has 0 radical (unpaired) electrons. The minimum atomic E-state index is -0.452. The number of nitro benzene ring substituents is 1. The van der Waals surface area contributed by atoms with E-state index in [0.717, 1.165) is 10.9 Å². The van der Waals surface area contributed by atoms with Crippen LogP contribution in [-0.4, -0.2) is 34.8 Å². The van der Waals surface area contributed by atoms with Gasteiger partial charge in [-0.3, -0.25) is 19.6 Å². The molecule has 3 aromatic rings. The average molecular weight is 398 g/mol. The number of rotatable bonds is 8. The molecule has 3 rings (SSSR count). The normalized spacial score (nSPS) is 11.8. The number of ether oxygens (including phenoxy) is 2. The number of fused-ring (bicyclic) bond motifs is 1. The maximum Gasteiger partial charge on any atom is 0.271 e. The second-order valence-corrected chi connectivity index (χ2v) is 6.52. The summed E-state index contributed by atoms with van der Waals surface area (Å²) in [6, 6.07) is 9.66. The van der Waals surface area contributed by atoms with Gasteiger partial charge in [-0.05, 0) is 31.2 Å². The predicted octanol–water partition coefficient (Wildman–Crippen LogP) is 3.23. The number of carbonyl (C=O) groups is 1. The zero-order valence-electron chi connectivity index (χ0n) is 16.4. The Kier molecular flexibility index (Phi) is 5.96. The van der Waals surface area contributed by atoms with E-state index >= 15 is 0 Å². The van der Waals surface area contributed by atoms with Gasteiger partial charge >= 0.3 is 0 Å². The number of non-ortho nitro benzene ring substituents is 1. The maximum absolute atomic E-state index is 12.5. The Bertz CT molecular complexity index is 1050. The lowest BCUT2D eigenvalue weighted by Crippen LogP contribution is -2.27. The van der Waals surface area contributed by atoms with Crippen LogP contribution in [0.25, 0.3) is 10.9 Å². The van der Waals surface area contributed by atoms with Crippen LogP contribution in [0.4, 0.5) is 5.69 Å². The number of hydrogen-bond donors (Lipinski definition) is 1. The molecule has 1 amide bonds. The van der Waals surface area contributed by atoms with E-state index in [0.29, 0.717) is 23.6 Å². The molecule has 0 saturated carbocycles. The first-order valence-corrected chi connectivity index (χ1v) is 9.04. The van der Waals surface area contributed by atoms with E-state index in [1.807, 2.05) is 13.0 Å². The summed E-state index contributed by atoms with van der Waals surface area (Å²) in [4.78, 5) is 23.0. The Morgan fingerprint density at radius 1 is 1.24 bits per heavy atom. The summed E-state index contributed by atoms with van der Waals surface area (Å²) in [5, 5.41) is 18.9. The fraction of sp³-hybridized carbons (Fsp3) is 0.300. The van der Waals surface area contributed by atoms with Gasteiger partial charge in [-0.25, -0.2) is 0 Å². The number of nitrogens with zero attached hydrogens (tertiary/aromatic N) is 3. The highest BCUT2D eigenvalue weighted by Gasteiger charge is 2.16. The quantitative estimate of drug-likeness (QED) is 0.461. The summed E-state index contributed by atoms with van der Waals surface area (Å²) in [6.07, 6.45) is 1.80. The van der Waals surface area contributed by atoms with E-state index in [2.05, 4.69) is 10.4 Å². The van der Waals surface area contributed by atoms with E-state index in [9.17, 15) is 14.9 Å². The Labute approximate surface area is 167 Å². The van der Waals surface area contributed by atoms with E-state index in [-0.39, 0.29) is 24.1 Å². The monoisotopic (exact) mass is 398 g/mol. The average Bonchev–Trinajstić information content (AvgIpc) is 3.13. The molecule has 152 valence electrons. The van der Waals surface area contributed by atoms with Crippen LogP contribution in [0.2, 0.25) is 0 Å². The number of benzene rings is 2. The molecule has 1 unspecified atom stereocenters. The summed E-state index contributed by atoms with van der Waals surface area (Å²) < 4.78 is 12.2. The second kappa shape index (κ2) is 8.59. The van der Waals surface area contributed by atoms with Crippen molar-refractivity contribution in [2.45, 2.75) is 25.9 Å². The summed E-state index contributed by atoms with van der Waals surface area (Å²) in [5.41, 5.74) is 1.41. The number of hydrogen-bond acceptors (Lipinski definition) is 6. The van der Waals surface area contributed by atoms with Crippen LogP contribution in [0, 0.1) is 10.1 Å². The third-order valence-corrected chi connectivity index (χ3v) is 4.67. The van der Waals surface area contributed by atoms with Crippen molar-refractivity contribution >= 4 is 22.5 Å². The van der Waals surface area contributed by atoms with Gasteiger partial charge in [0.2, 0.25) is 5.91 Å². The van der Waals surface area contributed by atoms with Crippen LogP contribution in [0.15, 0.2) is 42.6 Å². The van der Waals surface area contributed by atoms with Crippen LogP contribution in [0.5, 0.6) is 11.5 Å². The standard InChI is InChI=1S/C20H22N4O5/c1-13(17-11-16(28-2)6-7-19(17)29-3)22-20(25)8-9-23-18-10-15(24(26)27)5-4-14(18)12-21-23/h4-7,10-13H,8-9H2,1-3H3,(H,22,25). The molecular weight excluding hydrogens is 376 g/mol. The van der Waals surface area contributed by atoms with E-state index in [4.69, 9.17) is 9.47 Å². The molecular formula is C20H22N4O5. The predicted molar refractivity (Wildman–Crippen MR) is 107 cm³/mol. The van der Waals surface area contributed by atoms with Gasteiger partial charge in [-0.1, -0.05) is 0 Å². The lowest BCUT2D eigenvalue weighted by molar-refractivity contribution is -0.384. The van der Waals surface area contributed by atoms with E-state index in [1.54, 1.807) is 43.3 Å². The number of aryl methyl sites for hydroxylation is 1. The molecule has 0 fully saturated rings. The summed E-state index contributed by atoms with van der Waals surface area (Å²) in [7, 11) is 3.15. The van der Waals surface area contributed by atoms with Gasteiger partial charge in [0.25, 0.3) is 5.69 Å². The highest BCUT2D eigenvalue weighted by atomic mass is 16.6. The van der Waals surface area contributed by atoms with Crippen molar-refractivity contribution < 1.29 is 19.2 Å². The molecule has 0 aliphatic heterocycles. The molecule has 0 saturated heterocycles. The molecule has 0 aliphatic carbocycles. The number of aromatic nitrogens is 2. The lowest BCUT2D eigenvalue weighted by Gasteiger charge is -2.18. The first kappa shape index (κ1) is 20.1. The minimum absolute atomic E-state index is 0.0116. The SMILES string of the molecule is COc1ccc(OC)c(C(C)NC(=O)CCn2ncc3ccc([N+](=O)[O-])cc32)c1. The second-order valence-electron chi connectivity index (χ2n) is 6.52.